The lowest BCUT2D eigenvalue weighted by Gasteiger charge is -2.25. The van der Waals surface area contributed by atoms with Crippen molar-refractivity contribution >= 4 is 17.3 Å². The Morgan fingerprint density at radius 2 is 2.10 bits per heavy atom. The van der Waals surface area contributed by atoms with Crippen LogP contribution in [-0.2, 0) is 12.0 Å². The van der Waals surface area contributed by atoms with E-state index in [1.807, 2.05) is 25.1 Å². The summed E-state index contributed by atoms with van der Waals surface area (Å²) in [7, 11) is 0. The highest BCUT2D eigenvalue weighted by Gasteiger charge is 2.39. The highest BCUT2D eigenvalue weighted by Crippen LogP contribution is 2.40. The Balaban J connectivity index is 2.02. The van der Waals surface area contributed by atoms with Crippen LogP contribution in [0.15, 0.2) is 36.4 Å². The first-order valence-corrected chi connectivity index (χ1v) is 7.16. The lowest BCUT2D eigenvalue weighted by Crippen LogP contribution is -2.31. The summed E-state index contributed by atoms with van der Waals surface area (Å²) in [4.78, 5) is 0. The van der Waals surface area contributed by atoms with Gasteiger partial charge in [-0.15, -0.1) is 0 Å². The molecule has 0 fully saturated rings. The van der Waals surface area contributed by atoms with E-state index in [0.29, 0.717) is 17.1 Å². The zero-order chi connectivity index (χ0) is 15.0. The molecule has 3 rings (SSSR count). The molecular formula is C17H14ClFN2. The Bertz CT molecular complexity index is 731. The van der Waals surface area contributed by atoms with Gasteiger partial charge in [-0.1, -0.05) is 17.7 Å². The van der Waals surface area contributed by atoms with Gasteiger partial charge in [0, 0.05) is 10.7 Å². The lowest BCUT2D eigenvalue weighted by atomic mass is 9.93. The fraction of sp³-hybridized carbons (Fsp3) is 0.235. The van der Waals surface area contributed by atoms with Crippen LogP contribution in [0.1, 0.15) is 23.1 Å². The van der Waals surface area contributed by atoms with E-state index in [-0.39, 0.29) is 5.82 Å². The van der Waals surface area contributed by atoms with Crippen LogP contribution in [-0.4, -0.2) is 0 Å². The molecule has 4 heteroatoms. The van der Waals surface area contributed by atoms with Crippen molar-refractivity contribution in [3.63, 3.8) is 0 Å². The molecule has 1 unspecified atom stereocenters. The molecule has 0 amide bonds. The maximum absolute atomic E-state index is 13.5. The molecule has 1 aliphatic rings. The summed E-state index contributed by atoms with van der Waals surface area (Å²) < 4.78 is 13.5. The third kappa shape index (κ3) is 2.48. The normalized spacial score (nSPS) is 19.9. The van der Waals surface area contributed by atoms with Gasteiger partial charge in [-0.25, -0.2) is 4.39 Å². The van der Waals surface area contributed by atoms with Gasteiger partial charge >= 0.3 is 0 Å². The standard InChI is InChI=1S/C17H14ClFN2/c1-11-6-14(19)9-15(7-11)21-17(10-20)5-4-12-8-13(18)2-3-16(12)17/h2-3,6-9,21H,4-5H2,1H3. The highest BCUT2D eigenvalue weighted by atomic mass is 35.5. The molecule has 0 aliphatic heterocycles. The van der Waals surface area contributed by atoms with Crippen LogP contribution in [0.25, 0.3) is 0 Å². The summed E-state index contributed by atoms with van der Waals surface area (Å²) in [5.41, 5.74) is 2.62. The Morgan fingerprint density at radius 1 is 1.29 bits per heavy atom. The topological polar surface area (TPSA) is 35.8 Å². The predicted octanol–water partition coefficient (Wildman–Crippen LogP) is 4.56. The first kappa shape index (κ1) is 13.9. The van der Waals surface area contributed by atoms with Gasteiger partial charge in [0.1, 0.15) is 5.82 Å². The van der Waals surface area contributed by atoms with E-state index in [2.05, 4.69) is 11.4 Å². The van der Waals surface area contributed by atoms with Crippen molar-refractivity contribution in [3.05, 3.63) is 63.9 Å². The van der Waals surface area contributed by atoms with Gasteiger partial charge in [-0.3, -0.25) is 0 Å². The van der Waals surface area contributed by atoms with Gasteiger partial charge < -0.3 is 5.32 Å². The van der Waals surface area contributed by atoms with Crippen molar-refractivity contribution in [1.82, 2.24) is 0 Å². The number of hydrogen-bond acceptors (Lipinski definition) is 2. The number of nitriles is 1. The fourth-order valence-corrected chi connectivity index (χ4v) is 3.17. The molecule has 0 saturated heterocycles. The molecule has 0 bridgehead atoms. The van der Waals surface area contributed by atoms with Crippen molar-refractivity contribution in [2.75, 3.05) is 5.32 Å². The average Bonchev–Trinajstić information content (AvgIpc) is 2.76. The molecule has 1 atom stereocenters. The van der Waals surface area contributed by atoms with E-state index < -0.39 is 5.54 Å². The molecule has 2 aromatic carbocycles. The van der Waals surface area contributed by atoms with E-state index in [1.54, 1.807) is 6.07 Å². The number of nitrogens with zero attached hydrogens (tertiary/aromatic N) is 1. The number of nitrogens with one attached hydrogen (secondary N) is 1. The third-order valence-electron chi connectivity index (χ3n) is 3.89. The number of halogens is 2. The Kier molecular flexibility index (Phi) is 3.35. The first-order chi connectivity index (χ1) is 10.0. The SMILES string of the molecule is Cc1cc(F)cc(NC2(C#N)CCc3cc(Cl)ccc32)c1. The number of anilines is 1. The minimum Gasteiger partial charge on any atom is -0.364 e. The zero-order valence-corrected chi connectivity index (χ0v) is 12.3. The lowest BCUT2D eigenvalue weighted by molar-refractivity contribution is 0.611. The van der Waals surface area contributed by atoms with Crippen LogP contribution in [0.4, 0.5) is 10.1 Å². The predicted molar refractivity (Wildman–Crippen MR) is 81.8 cm³/mol. The van der Waals surface area contributed by atoms with E-state index in [4.69, 9.17) is 11.6 Å². The molecular weight excluding hydrogens is 287 g/mol. The van der Waals surface area contributed by atoms with Crippen LogP contribution in [0, 0.1) is 24.1 Å². The van der Waals surface area contributed by atoms with Crippen molar-refractivity contribution in [2.45, 2.75) is 25.3 Å². The molecule has 0 radical (unpaired) electrons. The zero-order valence-electron chi connectivity index (χ0n) is 11.6. The summed E-state index contributed by atoms with van der Waals surface area (Å²) in [5, 5.41) is 13.6. The maximum atomic E-state index is 13.5. The van der Waals surface area contributed by atoms with Gasteiger partial charge in [0.15, 0.2) is 5.54 Å². The third-order valence-corrected chi connectivity index (χ3v) is 4.12. The maximum Gasteiger partial charge on any atom is 0.151 e. The molecule has 0 aromatic heterocycles. The van der Waals surface area contributed by atoms with Crippen LogP contribution in [0.2, 0.25) is 5.02 Å². The second-order valence-corrected chi connectivity index (χ2v) is 5.90. The van der Waals surface area contributed by atoms with Crippen LogP contribution in [0.5, 0.6) is 0 Å². The van der Waals surface area contributed by atoms with E-state index in [1.165, 1.54) is 12.1 Å². The number of hydrogen-bond donors (Lipinski definition) is 1. The van der Waals surface area contributed by atoms with Crippen LogP contribution < -0.4 is 5.32 Å². The second-order valence-electron chi connectivity index (χ2n) is 5.46. The molecule has 21 heavy (non-hydrogen) atoms. The molecule has 0 heterocycles. The number of rotatable bonds is 2. The van der Waals surface area contributed by atoms with Crippen molar-refractivity contribution < 1.29 is 4.39 Å². The van der Waals surface area contributed by atoms with E-state index in [0.717, 1.165) is 23.1 Å². The van der Waals surface area contributed by atoms with Gasteiger partial charge in [0.2, 0.25) is 0 Å². The van der Waals surface area contributed by atoms with Gasteiger partial charge in [0.25, 0.3) is 0 Å². The number of benzene rings is 2. The van der Waals surface area contributed by atoms with Crippen LogP contribution in [0.3, 0.4) is 0 Å². The van der Waals surface area contributed by atoms with Crippen LogP contribution >= 0.6 is 11.6 Å². The quantitative estimate of drug-likeness (QED) is 0.882. The minimum atomic E-state index is -0.819. The summed E-state index contributed by atoms with van der Waals surface area (Å²) in [6, 6.07) is 12.7. The number of fused-ring (bicyclic) bond motifs is 1. The largest absolute Gasteiger partial charge is 0.364 e. The molecule has 0 saturated carbocycles. The second kappa shape index (κ2) is 5.05. The Morgan fingerprint density at radius 3 is 2.81 bits per heavy atom. The van der Waals surface area contributed by atoms with Gasteiger partial charge in [-0.05, 0) is 66.8 Å². The summed E-state index contributed by atoms with van der Waals surface area (Å²) in [6.07, 6.45) is 1.43. The Hall–Kier alpha value is -2.05. The molecule has 2 aromatic rings. The Labute approximate surface area is 128 Å². The minimum absolute atomic E-state index is 0.306. The van der Waals surface area contributed by atoms with Crippen molar-refractivity contribution in [2.24, 2.45) is 0 Å². The molecule has 1 aliphatic carbocycles. The van der Waals surface area contributed by atoms with Gasteiger partial charge in [-0.2, -0.15) is 5.26 Å². The summed E-state index contributed by atoms with van der Waals surface area (Å²) >= 11 is 6.01. The fourth-order valence-electron chi connectivity index (χ4n) is 2.97. The van der Waals surface area contributed by atoms with E-state index in [9.17, 15) is 9.65 Å². The monoisotopic (exact) mass is 300 g/mol. The summed E-state index contributed by atoms with van der Waals surface area (Å²) in [5.74, 6) is -0.306. The highest BCUT2D eigenvalue weighted by molar-refractivity contribution is 6.30. The smallest absolute Gasteiger partial charge is 0.151 e. The molecule has 0 spiro atoms. The first-order valence-electron chi connectivity index (χ1n) is 6.78. The molecule has 1 N–H and O–H groups in total. The average molecular weight is 301 g/mol. The molecule has 2 nitrogen and oxygen atoms in total. The van der Waals surface area contributed by atoms with Crippen molar-refractivity contribution in [3.8, 4) is 6.07 Å². The number of aryl methyl sites for hydroxylation is 2. The van der Waals surface area contributed by atoms with E-state index >= 15 is 0 Å². The van der Waals surface area contributed by atoms with Crippen molar-refractivity contribution in [1.29, 1.82) is 5.26 Å². The summed E-state index contributed by atoms with van der Waals surface area (Å²) in [6.45, 7) is 1.83. The molecule has 106 valence electrons. The van der Waals surface area contributed by atoms with Gasteiger partial charge in [0.05, 0.1) is 6.07 Å².